The number of nitrogens with one attached hydrogen (secondary N) is 1. The number of rotatable bonds is 4. The van der Waals surface area contributed by atoms with E-state index in [9.17, 15) is 8.78 Å². The molecule has 0 heterocycles. The SMILES string of the molecule is CCNC(c1cc(F)c(C)cc1F)C1C(C)(C)C1(C)C. The summed E-state index contributed by atoms with van der Waals surface area (Å²) in [7, 11) is 0. The van der Waals surface area contributed by atoms with Crippen LogP contribution in [0, 0.1) is 35.3 Å². The van der Waals surface area contributed by atoms with Crippen molar-refractivity contribution in [2.75, 3.05) is 6.54 Å². The predicted octanol–water partition coefficient (Wildman–Crippen LogP) is 4.61. The second-order valence-corrected chi connectivity index (χ2v) is 7.08. The van der Waals surface area contributed by atoms with Crippen molar-refractivity contribution in [3.05, 3.63) is 34.9 Å². The Morgan fingerprint density at radius 2 is 1.65 bits per heavy atom. The maximum Gasteiger partial charge on any atom is 0.128 e. The number of aryl methyl sites for hydroxylation is 1. The molecule has 1 aromatic rings. The van der Waals surface area contributed by atoms with Gasteiger partial charge in [0.15, 0.2) is 0 Å². The van der Waals surface area contributed by atoms with Crippen molar-refractivity contribution in [1.29, 1.82) is 0 Å². The molecule has 0 aromatic heterocycles. The summed E-state index contributed by atoms with van der Waals surface area (Å²) in [6, 6.07) is 2.53. The van der Waals surface area contributed by atoms with Crippen LogP contribution in [0.3, 0.4) is 0 Å². The summed E-state index contributed by atoms with van der Waals surface area (Å²) in [6.45, 7) is 13.1. The first-order chi connectivity index (χ1) is 9.14. The number of halogens is 2. The Kier molecular flexibility index (Phi) is 3.70. The molecule has 0 aliphatic heterocycles. The maximum atomic E-state index is 14.3. The third-order valence-electron chi connectivity index (χ3n) is 5.50. The van der Waals surface area contributed by atoms with Crippen LogP contribution in [0.2, 0.25) is 0 Å². The van der Waals surface area contributed by atoms with Crippen LogP contribution in [0.4, 0.5) is 8.78 Å². The Hall–Kier alpha value is -0.960. The van der Waals surface area contributed by atoms with E-state index in [2.05, 4.69) is 33.0 Å². The molecule has 1 aliphatic rings. The largest absolute Gasteiger partial charge is 0.310 e. The molecule has 1 saturated carbocycles. The number of hydrogen-bond donors (Lipinski definition) is 1. The van der Waals surface area contributed by atoms with Gasteiger partial charge in [-0.15, -0.1) is 0 Å². The molecule has 1 fully saturated rings. The highest BCUT2D eigenvalue weighted by Crippen LogP contribution is 2.72. The van der Waals surface area contributed by atoms with Crippen molar-refractivity contribution in [3.8, 4) is 0 Å². The summed E-state index contributed by atoms with van der Waals surface area (Å²) in [4.78, 5) is 0. The van der Waals surface area contributed by atoms with Crippen molar-refractivity contribution in [3.63, 3.8) is 0 Å². The summed E-state index contributed by atoms with van der Waals surface area (Å²) >= 11 is 0. The Balaban J connectivity index is 2.44. The zero-order chi connectivity index (χ0) is 15.3. The third-order valence-corrected chi connectivity index (χ3v) is 5.50. The summed E-state index contributed by atoms with van der Waals surface area (Å²) in [5.41, 5.74) is 1.05. The Bertz CT molecular complexity index is 506. The highest BCUT2D eigenvalue weighted by molar-refractivity contribution is 5.32. The maximum absolute atomic E-state index is 14.3. The first kappa shape index (κ1) is 15.4. The summed E-state index contributed by atoms with van der Waals surface area (Å²) in [5.74, 6) is -0.347. The van der Waals surface area contributed by atoms with Gasteiger partial charge in [-0.2, -0.15) is 0 Å². The summed E-state index contributed by atoms with van der Waals surface area (Å²) in [5, 5.41) is 3.35. The van der Waals surface area contributed by atoms with E-state index in [-0.39, 0.29) is 28.5 Å². The van der Waals surface area contributed by atoms with Gasteiger partial charge in [-0.3, -0.25) is 0 Å². The lowest BCUT2D eigenvalue weighted by Gasteiger charge is -2.22. The standard InChI is InChI=1S/C17H25F2N/c1-7-20-14(15-16(3,4)17(15,5)6)11-9-12(18)10(2)8-13(11)19/h8-9,14-15,20H,7H2,1-6H3. The van der Waals surface area contributed by atoms with Gasteiger partial charge in [0, 0.05) is 11.6 Å². The smallest absolute Gasteiger partial charge is 0.128 e. The molecule has 1 aromatic carbocycles. The molecule has 1 unspecified atom stereocenters. The van der Waals surface area contributed by atoms with E-state index in [0.717, 1.165) is 6.54 Å². The topological polar surface area (TPSA) is 12.0 Å². The van der Waals surface area contributed by atoms with Crippen molar-refractivity contribution < 1.29 is 8.78 Å². The van der Waals surface area contributed by atoms with E-state index in [1.165, 1.54) is 12.1 Å². The fourth-order valence-corrected chi connectivity index (χ4v) is 3.61. The molecule has 3 heteroatoms. The van der Waals surface area contributed by atoms with Gasteiger partial charge in [0.25, 0.3) is 0 Å². The van der Waals surface area contributed by atoms with E-state index >= 15 is 0 Å². The fourth-order valence-electron chi connectivity index (χ4n) is 3.61. The van der Waals surface area contributed by atoms with Crippen molar-refractivity contribution in [2.45, 2.75) is 47.6 Å². The Labute approximate surface area is 120 Å². The molecule has 20 heavy (non-hydrogen) atoms. The first-order valence-electron chi connectivity index (χ1n) is 7.33. The lowest BCUT2D eigenvalue weighted by Crippen LogP contribution is -2.26. The van der Waals surface area contributed by atoms with Gasteiger partial charge < -0.3 is 5.32 Å². The van der Waals surface area contributed by atoms with Crippen LogP contribution >= 0.6 is 0 Å². The zero-order valence-corrected chi connectivity index (χ0v) is 13.3. The molecule has 0 radical (unpaired) electrons. The lowest BCUT2D eigenvalue weighted by atomic mass is 9.95. The molecule has 0 amide bonds. The van der Waals surface area contributed by atoms with Gasteiger partial charge in [0.2, 0.25) is 0 Å². The van der Waals surface area contributed by atoms with Gasteiger partial charge in [-0.05, 0) is 47.9 Å². The quantitative estimate of drug-likeness (QED) is 0.850. The molecule has 1 atom stereocenters. The Morgan fingerprint density at radius 3 is 2.10 bits per heavy atom. The molecule has 0 spiro atoms. The minimum Gasteiger partial charge on any atom is -0.310 e. The van der Waals surface area contributed by atoms with Crippen LogP contribution in [0.1, 0.15) is 51.8 Å². The lowest BCUT2D eigenvalue weighted by molar-refractivity contribution is 0.401. The predicted molar refractivity (Wildman–Crippen MR) is 78.6 cm³/mol. The van der Waals surface area contributed by atoms with E-state index in [0.29, 0.717) is 17.0 Å². The van der Waals surface area contributed by atoms with Crippen LogP contribution in [0.15, 0.2) is 12.1 Å². The molecule has 1 N–H and O–H groups in total. The van der Waals surface area contributed by atoms with Crippen LogP contribution in [0.5, 0.6) is 0 Å². The molecular weight excluding hydrogens is 256 g/mol. The summed E-state index contributed by atoms with van der Waals surface area (Å²) in [6.07, 6.45) is 0. The minimum atomic E-state index is -0.333. The van der Waals surface area contributed by atoms with Gasteiger partial charge >= 0.3 is 0 Å². The normalized spacial score (nSPS) is 21.8. The van der Waals surface area contributed by atoms with E-state index in [1.54, 1.807) is 6.92 Å². The van der Waals surface area contributed by atoms with Crippen LogP contribution in [-0.2, 0) is 0 Å². The van der Waals surface area contributed by atoms with Gasteiger partial charge in [0.1, 0.15) is 11.6 Å². The van der Waals surface area contributed by atoms with Crippen molar-refractivity contribution >= 4 is 0 Å². The zero-order valence-electron chi connectivity index (χ0n) is 13.3. The van der Waals surface area contributed by atoms with Crippen LogP contribution in [-0.4, -0.2) is 6.54 Å². The van der Waals surface area contributed by atoms with Crippen molar-refractivity contribution in [1.82, 2.24) is 5.32 Å². The molecular formula is C17H25F2N. The monoisotopic (exact) mass is 281 g/mol. The Morgan fingerprint density at radius 1 is 1.10 bits per heavy atom. The highest BCUT2D eigenvalue weighted by atomic mass is 19.1. The molecule has 1 nitrogen and oxygen atoms in total. The van der Waals surface area contributed by atoms with Crippen LogP contribution < -0.4 is 5.32 Å². The first-order valence-corrected chi connectivity index (χ1v) is 7.33. The highest BCUT2D eigenvalue weighted by Gasteiger charge is 2.67. The molecule has 0 saturated heterocycles. The van der Waals surface area contributed by atoms with E-state index in [1.807, 2.05) is 6.92 Å². The second-order valence-electron chi connectivity index (χ2n) is 7.08. The van der Waals surface area contributed by atoms with Crippen LogP contribution in [0.25, 0.3) is 0 Å². The molecule has 112 valence electrons. The van der Waals surface area contributed by atoms with E-state index < -0.39 is 0 Å². The van der Waals surface area contributed by atoms with Crippen molar-refractivity contribution in [2.24, 2.45) is 16.7 Å². The second kappa shape index (κ2) is 4.80. The fraction of sp³-hybridized carbons (Fsp3) is 0.647. The molecule has 0 bridgehead atoms. The average molecular weight is 281 g/mol. The van der Waals surface area contributed by atoms with E-state index in [4.69, 9.17) is 0 Å². The third kappa shape index (κ3) is 2.16. The number of benzene rings is 1. The summed E-state index contributed by atoms with van der Waals surface area (Å²) < 4.78 is 28.1. The molecule has 2 rings (SSSR count). The number of hydrogen-bond acceptors (Lipinski definition) is 1. The average Bonchev–Trinajstić information content (AvgIpc) is 2.72. The van der Waals surface area contributed by atoms with Gasteiger partial charge in [-0.25, -0.2) is 8.78 Å². The minimum absolute atomic E-state index is 0.119. The van der Waals surface area contributed by atoms with Gasteiger partial charge in [-0.1, -0.05) is 34.6 Å². The molecule has 1 aliphatic carbocycles. The van der Waals surface area contributed by atoms with Gasteiger partial charge in [0.05, 0.1) is 0 Å².